The molecular weight excluding hydrogens is 720 g/mol. The van der Waals surface area contributed by atoms with Crippen molar-refractivity contribution in [2.45, 2.75) is 12.8 Å². The van der Waals surface area contributed by atoms with Gasteiger partial charge in [0.05, 0.1) is 17.9 Å². The van der Waals surface area contributed by atoms with Crippen LogP contribution in [0.4, 0.5) is 0 Å². The Kier molecular flexibility index (Phi) is 8.93. The molecule has 3 nitrogen and oxygen atoms in total. The Hall–Kier alpha value is 1.04. The van der Waals surface area contributed by atoms with Crippen LogP contribution in [-0.4, -0.2) is 23.4 Å². The Labute approximate surface area is 196 Å². The molecule has 0 atom stereocenters. The summed E-state index contributed by atoms with van der Waals surface area (Å²) < 4.78 is 11.0. The van der Waals surface area contributed by atoms with Gasteiger partial charge in [-0.25, -0.2) is 0 Å². The molecule has 0 radical (unpaired) electrons. The van der Waals surface area contributed by atoms with Gasteiger partial charge in [-0.3, -0.25) is 0 Å². The Balaban J connectivity index is 2.57. The molecule has 2 aromatic carbocycles. The fourth-order valence-electron chi connectivity index (χ4n) is 2.19. The number of rotatable bonds is 6. The van der Waals surface area contributed by atoms with Crippen molar-refractivity contribution in [3.63, 3.8) is 0 Å². The number of hydrogen-bond acceptors (Lipinski definition) is 3. The molecule has 0 aromatic heterocycles. The Morgan fingerprint density at radius 3 is 1.32 bits per heavy atom. The molecule has 25 heavy (non-hydrogen) atoms. The van der Waals surface area contributed by atoms with E-state index in [1.54, 1.807) is 0 Å². The lowest BCUT2D eigenvalue weighted by Crippen LogP contribution is -2.00. The molecule has 0 amide bonds. The standard InChI is InChI=1S/C16H12Br6O3/c17-9-5-11(19)15(13(21)7(9)1-3-23)25-16-12(20)6-10(18)8(2-4-24)14(16)22/h5-6,23-24H,1-4H2. The predicted octanol–water partition coefficient (Wildman–Crippen LogP) is 7.12. The first-order valence-electron chi connectivity index (χ1n) is 7.04. The third-order valence-corrected chi connectivity index (χ3v) is 7.64. The van der Waals surface area contributed by atoms with E-state index in [4.69, 9.17) is 4.74 Å². The minimum atomic E-state index is 0.0323. The van der Waals surface area contributed by atoms with E-state index in [1.165, 1.54) is 0 Å². The first-order valence-corrected chi connectivity index (χ1v) is 11.8. The SMILES string of the molecule is OCCc1c(Br)cc(Br)c(Oc2c(Br)cc(Br)c(CCO)c2Br)c1Br. The zero-order valence-corrected chi connectivity index (χ0v) is 22.1. The summed E-state index contributed by atoms with van der Waals surface area (Å²) in [6.07, 6.45) is 0.979. The highest BCUT2D eigenvalue weighted by atomic mass is 79.9. The van der Waals surface area contributed by atoms with Crippen LogP contribution in [0.1, 0.15) is 11.1 Å². The summed E-state index contributed by atoms with van der Waals surface area (Å²) in [5.41, 5.74) is 1.83. The van der Waals surface area contributed by atoms with Gasteiger partial charge in [-0.1, -0.05) is 31.9 Å². The molecule has 0 aliphatic rings. The average Bonchev–Trinajstić information content (AvgIpc) is 2.54. The zero-order valence-electron chi connectivity index (χ0n) is 12.6. The molecule has 0 spiro atoms. The Morgan fingerprint density at radius 1 is 0.640 bits per heavy atom. The molecule has 0 fully saturated rings. The van der Waals surface area contributed by atoms with Crippen LogP contribution in [0, 0.1) is 0 Å². The van der Waals surface area contributed by atoms with Gasteiger partial charge in [0.15, 0.2) is 11.5 Å². The van der Waals surface area contributed by atoms with Gasteiger partial charge < -0.3 is 14.9 Å². The van der Waals surface area contributed by atoms with Crippen molar-refractivity contribution in [1.29, 1.82) is 0 Å². The highest BCUT2D eigenvalue weighted by molar-refractivity contribution is 9.12. The van der Waals surface area contributed by atoms with Gasteiger partial charge in [-0.2, -0.15) is 0 Å². The Bertz CT molecular complexity index is 729. The highest BCUT2D eigenvalue weighted by Gasteiger charge is 2.20. The molecule has 136 valence electrons. The fourth-order valence-corrected chi connectivity index (χ4v) is 7.55. The first kappa shape index (κ1) is 22.3. The van der Waals surface area contributed by atoms with Crippen LogP contribution < -0.4 is 4.74 Å². The van der Waals surface area contributed by atoms with Gasteiger partial charge in [0.2, 0.25) is 0 Å². The second kappa shape index (κ2) is 10.0. The average molecular weight is 732 g/mol. The molecule has 0 heterocycles. The van der Waals surface area contributed by atoms with Crippen LogP contribution in [0.3, 0.4) is 0 Å². The molecule has 0 saturated carbocycles. The minimum Gasteiger partial charge on any atom is -0.453 e. The third kappa shape index (κ3) is 5.10. The van der Waals surface area contributed by atoms with Gasteiger partial charge in [0.1, 0.15) is 0 Å². The summed E-state index contributed by atoms with van der Waals surface area (Å²) in [5, 5.41) is 18.6. The van der Waals surface area contributed by atoms with Crippen LogP contribution in [0.2, 0.25) is 0 Å². The van der Waals surface area contributed by atoms with Gasteiger partial charge in [0, 0.05) is 22.2 Å². The molecule has 2 N–H and O–H groups in total. The molecular formula is C16H12Br6O3. The van der Waals surface area contributed by atoms with Crippen molar-refractivity contribution in [3.05, 3.63) is 50.1 Å². The second-order valence-electron chi connectivity index (χ2n) is 4.97. The summed E-state index contributed by atoms with van der Waals surface area (Å²) in [5.74, 6) is 1.20. The monoisotopic (exact) mass is 726 g/mol. The largest absolute Gasteiger partial charge is 0.453 e. The summed E-state index contributed by atoms with van der Waals surface area (Å²) in [6.45, 7) is 0.0647. The third-order valence-electron chi connectivity index (χ3n) is 3.37. The minimum absolute atomic E-state index is 0.0323. The van der Waals surface area contributed by atoms with E-state index < -0.39 is 0 Å². The molecule has 2 rings (SSSR count). The van der Waals surface area contributed by atoms with E-state index in [2.05, 4.69) is 95.6 Å². The van der Waals surface area contributed by atoms with Gasteiger partial charge in [0.25, 0.3) is 0 Å². The molecule has 9 heteroatoms. The Morgan fingerprint density at radius 2 is 1.00 bits per heavy atom. The van der Waals surface area contributed by atoms with Gasteiger partial charge in [-0.15, -0.1) is 0 Å². The van der Waals surface area contributed by atoms with Crippen molar-refractivity contribution in [2.75, 3.05) is 13.2 Å². The lowest BCUT2D eigenvalue weighted by molar-refractivity contribution is 0.299. The number of ether oxygens (including phenoxy) is 1. The maximum Gasteiger partial charge on any atom is 0.156 e. The number of halogens is 6. The van der Waals surface area contributed by atoms with Crippen LogP contribution in [0.25, 0.3) is 0 Å². The molecule has 0 unspecified atom stereocenters. The molecule has 0 saturated heterocycles. The number of benzene rings is 2. The zero-order chi connectivity index (χ0) is 18.7. The summed E-state index contributed by atoms with van der Waals surface area (Å²) in [6, 6.07) is 3.78. The van der Waals surface area contributed by atoms with E-state index in [0.29, 0.717) is 24.3 Å². The van der Waals surface area contributed by atoms with Crippen molar-refractivity contribution >= 4 is 95.6 Å². The van der Waals surface area contributed by atoms with E-state index in [0.717, 1.165) is 38.0 Å². The molecule has 2 aromatic rings. The van der Waals surface area contributed by atoms with Crippen molar-refractivity contribution in [2.24, 2.45) is 0 Å². The number of aliphatic hydroxyl groups excluding tert-OH is 2. The molecule has 0 aliphatic carbocycles. The van der Waals surface area contributed by atoms with Gasteiger partial charge in [-0.05, 0) is 99.8 Å². The number of hydrogen-bond donors (Lipinski definition) is 2. The second-order valence-corrected chi connectivity index (χ2v) is 9.98. The highest BCUT2D eigenvalue weighted by Crippen LogP contribution is 2.47. The van der Waals surface area contributed by atoms with E-state index >= 15 is 0 Å². The molecule has 0 bridgehead atoms. The van der Waals surface area contributed by atoms with Crippen LogP contribution in [-0.2, 0) is 12.8 Å². The normalized spacial score (nSPS) is 11.0. The maximum atomic E-state index is 9.29. The number of aliphatic hydroxyl groups is 2. The van der Waals surface area contributed by atoms with Crippen LogP contribution in [0.5, 0.6) is 11.5 Å². The maximum absolute atomic E-state index is 9.29. The predicted molar refractivity (Wildman–Crippen MR) is 121 cm³/mol. The lowest BCUT2D eigenvalue weighted by atomic mass is 10.1. The van der Waals surface area contributed by atoms with Gasteiger partial charge >= 0.3 is 0 Å². The fraction of sp³-hybridized carbons (Fsp3) is 0.250. The van der Waals surface area contributed by atoms with E-state index in [1.807, 2.05) is 12.1 Å². The smallest absolute Gasteiger partial charge is 0.156 e. The summed E-state index contributed by atoms with van der Waals surface area (Å²) >= 11 is 21.2. The van der Waals surface area contributed by atoms with Crippen molar-refractivity contribution < 1.29 is 14.9 Å². The molecule has 0 aliphatic heterocycles. The summed E-state index contributed by atoms with van der Waals surface area (Å²) in [7, 11) is 0. The quantitative estimate of drug-likeness (QED) is 0.333. The van der Waals surface area contributed by atoms with Crippen LogP contribution in [0.15, 0.2) is 39.0 Å². The van der Waals surface area contributed by atoms with Crippen molar-refractivity contribution in [1.82, 2.24) is 0 Å². The lowest BCUT2D eigenvalue weighted by Gasteiger charge is -2.18. The first-order chi connectivity index (χ1) is 11.8. The van der Waals surface area contributed by atoms with Crippen molar-refractivity contribution in [3.8, 4) is 11.5 Å². The van der Waals surface area contributed by atoms with E-state index in [9.17, 15) is 10.2 Å². The van der Waals surface area contributed by atoms with Crippen LogP contribution >= 0.6 is 95.6 Å². The summed E-state index contributed by atoms with van der Waals surface area (Å²) in [4.78, 5) is 0. The topological polar surface area (TPSA) is 49.7 Å². The van der Waals surface area contributed by atoms with E-state index in [-0.39, 0.29) is 13.2 Å².